The van der Waals surface area contributed by atoms with Crippen LogP contribution in [0.4, 0.5) is 0 Å². The Labute approximate surface area is 120 Å². The summed E-state index contributed by atoms with van der Waals surface area (Å²) < 4.78 is 1.86. The molecule has 4 heteroatoms. The molecule has 106 valence electrons. The van der Waals surface area contributed by atoms with E-state index in [4.69, 9.17) is 11.6 Å². The molecule has 1 aliphatic rings. The van der Waals surface area contributed by atoms with Crippen molar-refractivity contribution in [3.63, 3.8) is 0 Å². The number of likely N-dealkylation sites (N-methyl/N-ethyl adjacent to an activating group) is 1. The van der Waals surface area contributed by atoms with Crippen LogP contribution in [0.5, 0.6) is 0 Å². The average molecular weight is 283 g/mol. The van der Waals surface area contributed by atoms with Gasteiger partial charge in [-0.25, -0.2) is 0 Å². The van der Waals surface area contributed by atoms with E-state index >= 15 is 0 Å². The molecule has 1 aliphatic heterocycles. The van der Waals surface area contributed by atoms with Crippen LogP contribution in [0.1, 0.15) is 38.3 Å². The molecule has 0 aromatic carbocycles. The summed E-state index contributed by atoms with van der Waals surface area (Å²) in [6.45, 7) is 6.30. The Hall–Kier alpha value is -0.800. The maximum Gasteiger partial charge on any atom is 0.254 e. The molecular formula is C15H23ClN2O. The molecule has 1 aromatic heterocycles. The number of pyridine rings is 1. The molecule has 1 saturated heterocycles. The molecule has 2 rings (SSSR count). The lowest BCUT2D eigenvalue weighted by Crippen LogP contribution is -2.38. The standard InChI is InChI=1S/C15H23ClN2O/c1-11(2)7-12-8-13(16)9-18(15(12)19)14-5-4-6-17(3)10-14/h8-9,11,14H,4-7,10H2,1-3H3/t14-/m1/s1. The van der Waals surface area contributed by atoms with Crippen molar-refractivity contribution in [3.8, 4) is 0 Å². The first-order valence-electron chi connectivity index (χ1n) is 7.06. The van der Waals surface area contributed by atoms with Crippen molar-refractivity contribution in [2.75, 3.05) is 20.1 Å². The normalized spacial score (nSPS) is 21.0. The largest absolute Gasteiger partial charge is 0.309 e. The van der Waals surface area contributed by atoms with Crippen molar-refractivity contribution in [1.82, 2.24) is 9.47 Å². The Bertz CT molecular complexity index is 495. The highest BCUT2D eigenvalue weighted by molar-refractivity contribution is 6.30. The minimum Gasteiger partial charge on any atom is -0.309 e. The van der Waals surface area contributed by atoms with E-state index in [-0.39, 0.29) is 11.6 Å². The fourth-order valence-electron chi connectivity index (χ4n) is 2.85. The Balaban J connectivity index is 2.34. The Morgan fingerprint density at radius 1 is 1.47 bits per heavy atom. The number of nitrogens with zero attached hydrogens (tertiary/aromatic N) is 2. The fraction of sp³-hybridized carbons (Fsp3) is 0.667. The number of aromatic nitrogens is 1. The van der Waals surface area contributed by atoms with Crippen molar-refractivity contribution < 1.29 is 0 Å². The lowest BCUT2D eigenvalue weighted by Gasteiger charge is -2.31. The second-order valence-corrected chi connectivity index (χ2v) is 6.49. The molecule has 2 heterocycles. The van der Waals surface area contributed by atoms with Gasteiger partial charge < -0.3 is 9.47 Å². The van der Waals surface area contributed by atoms with Crippen LogP contribution in [-0.4, -0.2) is 29.6 Å². The van der Waals surface area contributed by atoms with Crippen molar-refractivity contribution in [1.29, 1.82) is 0 Å². The molecule has 0 radical (unpaired) electrons. The quantitative estimate of drug-likeness (QED) is 0.852. The van der Waals surface area contributed by atoms with Crippen LogP contribution in [0.25, 0.3) is 0 Å². The summed E-state index contributed by atoms with van der Waals surface area (Å²) in [5.74, 6) is 0.466. The molecule has 1 atom stereocenters. The lowest BCUT2D eigenvalue weighted by atomic mass is 10.0. The van der Waals surface area contributed by atoms with Crippen LogP contribution in [-0.2, 0) is 6.42 Å². The van der Waals surface area contributed by atoms with Crippen molar-refractivity contribution in [2.45, 2.75) is 39.2 Å². The summed E-state index contributed by atoms with van der Waals surface area (Å²) in [6, 6.07) is 2.09. The molecule has 1 aromatic rings. The first-order chi connectivity index (χ1) is 8.97. The highest BCUT2D eigenvalue weighted by Gasteiger charge is 2.21. The van der Waals surface area contributed by atoms with Crippen LogP contribution in [0.3, 0.4) is 0 Å². The Morgan fingerprint density at radius 2 is 2.21 bits per heavy atom. The fourth-order valence-corrected chi connectivity index (χ4v) is 3.08. The first kappa shape index (κ1) is 14.6. The van der Waals surface area contributed by atoms with E-state index in [0.29, 0.717) is 10.9 Å². The minimum absolute atomic E-state index is 0.137. The van der Waals surface area contributed by atoms with Crippen LogP contribution >= 0.6 is 11.6 Å². The van der Waals surface area contributed by atoms with Crippen LogP contribution in [0.15, 0.2) is 17.1 Å². The van der Waals surface area contributed by atoms with Crippen molar-refractivity contribution in [2.24, 2.45) is 5.92 Å². The summed E-state index contributed by atoms with van der Waals surface area (Å²) in [5, 5.41) is 0.670. The summed E-state index contributed by atoms with van der Waals surface area (Å²) in [6.07, 6.45) is 4.80. The van der Waals surface area contributed by atoms with Gasteiger partial charge in [0.15, 0.2) is 0 Å². The average Bonchev–Trinajstić information content (AvgIpc) is 2.32. The number of likely N-dealkylation sites (tertiary alicyclic amines) is 1. The minimum atomic E-state index is 0.137. The van der Waals surface area contributed by atoms with Gasteiger partial charge in [-0.15, -0.1) is 0 Å². The number of halogens is 1. The predicted octanol–water partition coefficient (Wildman–Crippen LogP) is 2.97. The second-order valence-electron chi connectivity index (χ2n) is 6.05. The van der Waals surface area contributed by atoms with Crippen LogP contribution < -0.4 is 5.56 Å². The number of piperidine rings is 1. The van der Waals surface area contributed by atoms with Gasteiger partial charge in [-0.3, -0.25) is 4.79 Å². The number of hydrogen-bond donors (Lipinski definition) is 0. The van der Waals surface area contributed by atoms with Crippen molar-refractivity contribution in [3.05, 3.63) is 33.2 Å². The van der Waals surface area contributed by atoms with Gasteiger partial charge in [-0.05, 0) is 44.8 Å². The van der Waals surface area contributed by atoms with E-state index in [0.717, 1.165) is 37.9 Å². The van der Waals surface area contributed by atoms with Gasteiger partial charge in [0.1, 0.15) is 0 Å². The molecule has 0 N–H and O–H groups in total. The predicted molar refractivity (Wildman–Crippen MR) is 80.0 cm³/mol. The number of hydrogen-bond acceptors (Lipinski definition) is 2. The van der Waals surface area contributed by atoms with Gasteiger partial charge in [0.2, 0.25) is 0 Å². The van der Waals surface area contributed by atoms with Gasteiger partial charge in [-0.2, -0.15) is 0 Å². The van der Waals surface area contributed by atoms with E-state index in [2.05, 4.69) is 25.8 Å². The summed E-state index contributed by atoms with van der Waals surface area (Å²) in [7, 11) is 2.11. The summed E-state index contributed by atoms with van der Waals surface area (Å²) >= 11 is 6.19. The maximum absolute atomic E-state index is 12.5. The second kappa shape index (κ2) is 6.10. The van der Waals surface area contributed by atoms with E-state index in [1.54, 1.807) is 6.20 Å². The first-order valence-corrected chi connectivity index (χ1v) is 7.44. The zero-order valence-corrected chi connectivity index (χ0v) is 12.8. The van der Waals surface area contributed by atoms with Crippen LogP contribution in [0.2, 0.25) is 5.02 Å². The highest BCUT2D eigenvalue weighted by atomic mass is 35.5. The molecule has 0 saturated carbocycles. The number of rotatable bonds is 3. The summed E-state index contributed by atoms with van der Waals surface area (Å²) in [5.41, 5.74) is 0.981. The van der Waals surface area contributed by atoms with Gasteiger partial charge in [-0.1, -0.05) is 25.4 Å². The molecule has 0 bridgehead atoms. The van der Waals surface area contributed by atoms with Crippen molar-refractivity contribution >= 4 is 11.6 Å². The smallest absolute Gasteiger partial charge is 0.254 e. The van der Waals surface area contributed by atoms with Gasteiger partial charge in [0.25, 0.3) is 5.56 Å². The zero-order chi connectivity index (χ0) is 14.0. The third-order valence-corrected chi connectivity index (χ3v) is 3.91. The van der Waals surface area contributed by atoms with Gasteiger partial charge >= 0.3 is 0 Å². The monoisotopic (exact) mass is 282 g/mol. The highest BCUT2D eigenvalue weighted by Crippen LogP contribution is 2.21. The molecule has 3 nitrogen and oxygen atoms in total. The van der Waals surface area contributed by atoms with Crippen LogP contribution in [0, 0.1) is 5.92 Å². The molecule has 0 amide bonds. The Kier molecular flexibility index (Phi) is 4.69. The molecular weight excluding hydrogens is 260 g/mol. The van der Waals surface area contributed by atoms with E-state index in [1.807, 2.05) is 10.6 Å². The topological polar surface area (TPSA) is 25.2 Å². The van der Waals surface area contributed by atoms with Gasteiger partial charge in [0.05, 0.1) is 5.02 Å². The maximum atomic E-state index is 12.5. The lowest BCUT2D eigenvalue weighted by molar-refractivity contribution is 0.209. The molecule has 1 fully saturated rings. The molecule has 19 heavy (non-hydrogen) atoms. The third-order valence-electron chi connectivity index (χ3n) is 3.70. The molecule has 0 unspecified atom stereocenters. The Morgan fingerprint density at radius 3 is 2.84 bits per heavy atom. The SMILES string of the molecule is CC(C)Cc1cc(Cl)cn([C@@H]2CCCN(C)C2)c1=O. The van der Waals surface area contributed by atoms with Gasteiger partial charge in [0, 0.05) is 24.3 Å². The summed E-state index contributed by atoms with van der Waals surface area (Å²) in [4.78, 5) is 14.8. The van der Waals surface area contributed by atoms with E-state index in [1.165, 1.54) is 0 Å². The van der Waals surface area contributed by atoms with E-state index in [9.17, 15) is 4.79 Å². The molecule has 0 aliphatic carbocycles. The zero-order valence-electron chi connectivity index (χ0n) is 12.0. The third kappa shape index (κ3) is 3.61. The molecule has 0 spiro atoms. The van der Waals surface area contributed by atoms with E-state index < -0.39 is 0 Å².